The molecule has 2 aromatic heterocycles. The van der Waals surface area contributed by atoms with E-state index >= 15 is 0 Å². The molecule has 1 saturated carbocycles. The summed E-state index contributed by atoms with van der Waals surface area (Å²) < 4.78 is 47.1. The number of methoxy groups -OCH3 is 1. The van der Waals surface area contributed by atoms with Gasteiger partial charge in [0, 0.05) is 25.2 Å². The maximum absolute atomic E-state index is 14.5. The molecule has 0 amide bonds. The van der Waals surface area contributed by atoms with Crippen LogP contribution in [0.1, 0.15) is 43.2 Å². The van der Waals surface area contributed by atoms with Crippen LogP contribution in [0.5, 0.6) is 0 Å². The molecule has 0 unspecified atom stereocenters. The van der Waals surface area contributed by atoms with E-state index in [0.717, 1.165) is 12.8 Å². The number of benzene rings is 1. The van der Waals surface area contributed by atoms with E-state index in [0.29, 0.717) is 24.3 Å². The highest BCUT2D eigenvalue weighted by molar-refractivity contribution is 6.30. The molecule has 10 nitrogen and oxygen atoms in total. The second-order valence-electron chi connectivity index (χ2n) is 9.67. The molecule has 5 rings (SSSR count). The van der Waals surface area contributed by atoms with Crippen molar-refractivity contribution in [2.75, 3.05) is 13.7 Å². The standard InChI is InChI=1S/C25H26ClF2N5O5/c1-36-24-17(8-13-9-19(38-31-13)25(12-29)6-2-3-7-25)37-18(11-34)23(35)22(24)33-10-16(30-32-33)14-4-5-15(26)21(28)20(14)27/h4-5,9-10,17-18,22-24,34-35H,2-3,6-8,11H2,1H3/t17-,18-,22+,23+,24+/m1/s1. The topological polar surface area (TPSA) is 139 Å². The van der Waals surface area contributed by atoms with Gasteiger partial charge in [-0.25, -0.2) is 13.5 Å². The summed E-state index contributed by atoms with van der Waals surface area (Å²) in [5, 5.41) is 42.5. The minimum absolute atomic E-state index is 0.0169. The van der Waals surface area contributed by atoms with Gasteiger partial charge in [-0.2, -0.15) is 5.26 Å². The number of halogens is 3. The highest BCUT2D eigenvalue weighted by Crippen LogP contribution is 2.41. The smallest absolute Gasteiger partial charge is 0.178 e. The normalized spacial score (nSPS) is 26.9. The molecule has 0 bridgehead atoms. The van der Waals surface area contributed by atoms with Crippen molar-refractivity contribution in [1.82, 2.24) is 20.2 Å². The van der Waals surface area contributed by atoms with Gasteiger partial charge in [0.05, 0.1) is 35.7 Å². The Morgan fingerprint density at radius 1 is 1.26 bits per heavy atom. The van der Waals surface area contributed by atoms with E-state index in [4.69, 9.17) is 25.6 Å². The van der Waals surface area contributed by atoms with Crippen LogP contribution in [0, 0.1) is 23.0 Å². The fraction of sp³-hybridized carbons (Fsp3) is 0.520. The van der Waals surface area contributed by atoms with E-state index in [1.807, 2.05) is 0 Å². The first kappa shape index (κ1) is 26.6. The lowest BCUT2D eigenvalue weighted by Gasteiger charge is -2.43. The maximum atomic E-state index is 14.5. The number of aromatic nitrogens is 4. The second kappa shape index (κ2) is 10.7. The predicted octanol–water partition coefficient (Wildman–Crippen LogP) is 3.12. The van der Waals surface area contributed by atoms with Crippen LogP contribution in [0.25, 0.3) is 11.3 Å². The maximum Gasteiger partial charge on any atom is 0.178 e. The first-order valence-electron chi connectivity index (χ1n) is 12.2. The van der Waals surface area contributed by atoms with Crippen molar-refractivity contribution >= 4 is 11.6 Å². The molecule has 2 fully saturated rings. The van der Waals surface area contributed by atoms with E-state index in [9.17, 15) is 24.3 Å². The predicted molar refractivity (Wildman–Crippen MR) is 128 cm³/mol. The molecule has 13 heteroatoms. The largest absolute Gasteiger partial charge is 0.394 e. The van der Waals surface area contributed by atoms with Crippen molar-refractivity contribution in [3.05, 3.63) is 52.5 Å². The second-order valence-corrected chi connectivity index (χ2v) is 10.1. The molecule has 38 heavy (non-hydrogen) atoms. The van der Waals surface area contributed by atoms with Crippen LogP contribution in [-0.4, -0.2) is 68.5 Å². The highest BCUT2D eigenvalue weighted by Gasteiger charge is 2.47. The van der Waals surface area contributed by atoms with Crippen molar-refractivity contribution < 1.29 is 33.0 Å². The van der Waals surface area contributed by atoms with Crippen molar-refractivity contribution in [2.24, 2.45) is 0 Å². The van der Waals surface area contributed by atoms with Gasteiger partial charge in [-0.05, 0) is 25.0 Å². The van der Waals surface area contributed by atoms with Crippen LogP contribution < -0.4 is 0 Å². The van der Waals surface area contributed by atoms with Crippen LogP contribution in [-0.2, 0) is 21.3 Å². The van der Waals surface area contributed by atoms with Gasteiger partial charge in [0.1, 0.15) is 35.5 Å². The molecule has 0 spiro atoms. The van der Waals surface area contributed by atoms with Crippen LogP contribution in [0.2, 0.25) is 5.02 Å². The van der Waals surface area contributed by atoms with E-state index in [1.54, 1.807) is 6.07 Å². The minimum atomic E-state index is -1.27. The van der Waals surface area contributed by atoms with E-state index in [2.05, 4.69) is 21.5 Å². The zero-order valence-corrected chi connectivity index (χ0v) is 21.2. The van der Waals surface area contributed by atoms with E-state index in [1.165, 1.54) is 30.1 Å². The quantitative estimate of drug-likeness (QED) is 0.425. The number of nitriles is 1. The molecule has 2 aliphatic rings. The first-order chi connectivity index (χ1) is 18.3. The van der Waals surface area contributed by atoms with Gasteiger partial charge in [-0.15, -0.1) is 5.10 Å². The number of nitrogens with zero attached hydrogens (tertiary/aromatic N) is 5. The average molecular weight is 550 g/mol. The summed E-state index contributed by atoms with van der Waals surface area (Å²) in [5.41, 5.74) is -0.307. The molecule has 1 aromatic carbocycles. The Labute approximate surface area is 221 Å². The third-order valence-corrected chi connectivity index (χ3v) is 7.77. The Kier molecular flexibility index (Phi) is 7.48. The Morgan fingerprint density at radius 3 is 2.71 bits per heavy atom. The molecule has 0 radical (unpaired) electrons. The van der Waals surface area contributed by atoms with Crippen molar-refractivity contribution in [2.45, 2.75) is 68.0 Å². The van der Waals surface area contributed by atoms with Crippen LogP contribution >= 0.6 is 11.6 Å². The summed E-state index contributed by atoms with van der Waals surface area (Å²) >= 11 is 5.66. The van der Waals surface area contributed by atoms with E-state index < -0.39 is 54.1 Å². The van der Waals surface area contributed by atoms with Crippen LogP contribution in [0.15, 0.2) is 28.9 Å². The number of aliphatic hydroxyl groups is 2. The number of aliphatic hydroxyl groups excluding tert-OH is 2. The third kappa shape index (κ3) is 4.58. The third-order valence-electron chi connectivity index (χ3n) is 7.47. The Bertz CT molecular complexity index is 1340. The van der Waals surface area contributed by atoms with Crippen LogP contribution in [0.4, 0.5) is 8.78 Å². The van der Waals surface area contributed by atoms with Gasteiger partial charge < -0.3 is 24.2 Å². The molecule has 202 valence electrons. The van der Waals surface area contributed by atoms with Gasteiger partial charge in [0.15, 0.2) is 17.4 Å². The molecular formula is C25H26ClF2N5O5. The van der Waals surface area contributed by atoms with Crippen molar-refractivity contribution in [3.8, 4) is 17.3 Å². The van der Waals surface area contributed by atoms with Gasteiger partial charge in [-0.3, -0.25) is 0 Å². The van der Waals surface area contributed by atoms with Gasteiger partial charge in [0.2, 0.25) is 0 Å². The fourth-order valence-corrected chi connectivity index (χ4v) is 5.58. The van der Waals surface area contributed by atoms with E-state index in [-0.39, 0.29) is 22.7 Å². The Balaban J connectivity index is 1.43. The molecule has 5 atom stereocenters. The molecule has 1 saturated heterocycles. The molecular weight excluding hydrogens is 524 g/mol. The molecule has 3 aromatic rings. The summed E-state index contributed by atoms with van der Waals surface area (Å²) in [6.07, 6.45) is 1.05. The number of ether oxygens (including phenoxy) is 2. The van der Waals surface area contributed by atoms with Crippen LogP contribution in [0.3, 0.4) is 0 Å². The van der Waals surface area contributed by atoms with Gasteiger partial charge in [0.25, 0.3) is 0 Å². The monoisotopic (exact) mass is 549 g/mol. The summed E-state index contributed by atoms with van der Waals surface area (Å²) in [6, 6.07) is 5.71. The van der Waals surface area contributed by atoms with Gasteiger partial charge >= 0.3 is 0 Å². The number of hydrogen-bond donors (Lipinski definition) is 2. The lowest BCUT2D eigenvalue weighted by Crippen LogP contribution is -2.57. The lowest BCUT2D eigenvalue weighted by molar-refractivity contribution is -0.212. The highest BCUT2D eigenvalue weighted by atomic mass is 35.5. The summed E-state index contributed by atoms with van der Waals surface area (Å²) in [5.74, 6) is -1.88. The SMILES string of the molecule is CO[C@@H]1[C@@H](n2cc(-c3ccc(Cl)c(F)c3F)nn2)[C@@H](O)[C@@H](CO)O[C@@H]1Cc1cc(C2(C#N)CCCC2)on1. The fourth-order valence-electron chi connectivity index (χ4n) is 5.43. The summed E-state index contributed by atoms with van der Waals surface area (Å²) in [6.45, 7) is -0.495. The molecule has 3 heterocycles. The first-order valence-corrected chi connectivity index (χ1v) is 12.6. The molecule has 1 aliphatic heterocycles. The Hall–Kier alpha value is -2.95. The number of rotatable bonds is 7. The zero-order valence-electron chi connectivity index (χ0n) is 20.4. The lowest BCUT2D eigenvalue weighted by atomic mass is 9.85. The average Bonchev–Trinajstić information content (AvgIpc) is 3.69. The Morgan fingerprint density at radius 2 is 2.03 bits per heavy atom. The summed E-state index contributed by atoms with van der Waals surface area (Å²) in [7, 11) is 1.43. The minimum Gasteiger partial charge on any atom is -0.394 e. The van der Waals surface area contributed by atoms with Crippen molar-refractivity contribution in [3.63, 3.8) is 0 Å². The van der Waals surface area contributed by atoms with Crippen molar-refractivity contribution in [1.29, 1.82) is 5.26 Å². The number of hydrogen-bond acceptors (Lipinski definition) is 9. The molecule has 2 N–H and O–H groups in total. The summed E-state index contributed by atoms with van der Waals surface area (Å²) in [4.78, 5) is 0. The molecule has 1 aliphatic carbocycles. The van der Waals surface area contributed by atoms with Gasteiger partial charge in [-0.1, -0.05) is 34.8 Å². The zero-order chi connectivity index (χ0) is 27.0.